The van der Waals surface area contributed by atoms with Gasteiger partial charge in [-0.1, -0.05) is 18.0 Å². The van der Waals surface area contributed by atoms with E-state index in [4.69, 9.17) is 24.5 Å². The first kappa shape index (κ1) is 21.8. The second-order valence-electron chi connectivity index (χ2n) is 5.35. The maximum atomic E-state index is 11.6. The number of nitro benzene ring substituents is 1. The highest BCUT2D eigenvalue weighted by molar-refractivity contribution is 5.61. The Kier molecular flexibility index (Phi) is 9.87. The van der Waals surface area contributed by atoms with E-state index in [1.807, 2.05) is 0 Å². The zero-order chi connectivity index (χ0) is 20.1. The molecule has 0 fully saturated rings. The third-order valence-electron chi connectivity index (χ3n) is 3.56. The lowest BCUT2D eigenvalue weighted by Crippen LogP contribution is -2.09. The van der Waals surface area contributed by atoms with Crippen LogP contribution in [0.1, 0.15) is 31.2 Å². The summed E-state index contributed by atoms with van der Waals surface area (Å²) in [5.74, 6) is 0.492. The highest BCUT2D eigenvalue weighted by atomic mass is 16.7. The van der Waals surface area contributed by atoms with E-state index in [9.17, 15) is 14.9 Å². The van der Waals surface area contributed by atoms with E-state index in [0.717, 1.165) is 19.3 Å². The molecule has 148 valence electrons. The Morgan fingerprint density at radius 1 is 1.15 bits per heavy atom. The van der Waals surface area contributed by atoms with Gasteiger partial charge >= 0.3 is 6.16 Å². The largest absolute Gasteiger partial charge is 0.508 e. The van der Waals surface area contributed by atoms with E-state index in [2.05, 4.69) is 10.0 Å². The summed E-state index contributed by atoms with van der Waals surface area (Å²) in [7, 11) is 2.77. The Bertz CT molecular complexity index is 690. The van der Waals surface area contributed by atoms with Crippen LogP contribution in [0.4, 0.5) is 10.5 Å². The van der Waals surface area contributed by atoms with Crippen molar-refractivity contribution < 1.29 is 28.7 Å². The maximum absolute atomic E-state index is 11.6. The van der Waals surface area contributed by atoms with Crippen molar-refractivity contribution >= 4 is 11.8 Å². The second-order valence-corrected chi connectivity index (χ2v) is 5.35. The van der Waals surface area contributed by atoms with Crippen LogP contribution in [0.5, 0.6) is 11.5 Å². The molecule has 11 heteroatoms. The van der Waals surface area contributed by atoms with Crippen LogP contribution in [0.3, 0.4) is 0 Å². The Morgan fingerprint density at radius 3 is 2.44 bits per heavy atom. The highest BCUT2D eigenvalue weighted by Gasteiger charge is 2.20. The Hall–Kier alpha value is -3.20. The van der Waals surface area contributed by atoms with Gasteiger partial charge in [0, 0.05) is 11.5 Å². The number of nitro groups is 1. The van der Waals surface area contributed by atoms with Crippen LogP contribution in [0.25, 0.3) is 10.4 Å². The molecular weight excluding hydrogens is 360 g/mol. The van der Waals surface area contributed by atoms with E-state index < -0.39 is 11.1 Å². The molecule has 0 aliphatic rings. The monoisotopic (exact) mass is 382 g/mol. The minimum atomic E-state index is -0.909. The molecule has 0 atom stereocenters. The molecule has 0 heterocycles. The third kappa shape index (κ3) is 7.70. The van der Waals surface area contributed by atoms with Gasteiger partial charge in [-0.25, -0.2) is 4.79 Å². The van der Waals surface area contributed by atoms with Crippen LogP contribution >= 0.6 is 0 Å². The van der Waals surface area contributed by atoms with Gasteiger partial charge in [0.2, 0.25) is 0 Å². The van der Waals surface area contributed by atoms with Gasteiger partial charge in [-0.3, -0.25) is 10.1 Å². The van der Waals surface area contributed by atoms with E-state index in [-0.39, 0.29) is 36.0 Å². The molecule has 0 N–H and O–H groups in total. The van der Waals surface area contributed by atoms with Gasteiger partial charge in [0.25, 0.3) is 5.69 Å². The summed E-state index contributed by atoms with van der Waals surface area (Å²) in [6.45, 7) is 0.291. The van der Waals surface area contributed by atoms with Crippen molar-refractivity contribution in [2.24, 2.45) is 5.11 Å². The van der Waals surface area contributed by atoms with Crippen LogP contribution in [0.15, 0.2) is 17.2 Å². The summed E-state index contributed by atoms with van der Waals surface area (Å²) < 4.78 is 20.0. The molecule has 27 heavy (non-hydrogen) atoms. The average Bonchev–Trinajstić information content (AvgIpc) is 2.67. The number of rotatable bonds is 12. The zero-order valence-electron chi connectivity index (χ0n) is 15.3. The molecule has 0 saturated heterocycles. The van der Waals surface area contributed by atoms with Crippen molar-refractivity contribution in [1.82, 2.24) is 0 Å². The topological polar surface area (TPSA) is 146 Å². The fraction of sp³-hybridized carbons (Fsp3) is 0.562. The molecule has 0 aliphatic heterocycles. The average molecular weight is 382 g/mol. The SMILES string of the molecule is COc1cc(COC(=O)OCCCCCCN=[N+]=[N-])c([N+](=O)[O-])cc1OC. The summed E-state index contributed by atoms with van der Waals surface area (Å²) in [5.41, 5.74) is 8.05. The summed E-state index contributed by atoms with van der Waals surface area (Å²) in [6, 6.07) is 2.59. The molecule has 0 radical (unpaired) electrons. The first-order valence-corrected chi connectivity index (χ1v) is 8.23. The lowest BCUT2D eigenvalue weighted by molar-refractivity contribution is -0.385. The lowest BCUT2D eigenvalue weighted by atomic mass is 10.1. The molecule has 0 saturated carbocycles. The Labute approximate surface area is 155 Å². The van der Waals surface area contributed by atoms with Crippen molar-refractivity contribution in [2.75, 3.05) is 27.4 Å². The van der Waals surface area contributed by atoms with E-state index in [0.29, 0.717) is 13.0 Å². The van der Waals surface area contributed by atoms with Crippen molar-refractivity contribution in [1.29, 1.82) is 0 Å². The summed E-state index contributed by atoms with van der Waals surface area (Å²) >= 11 is 0. The highest BCUT2D eigenvalue weighted by Crippen LogP contribution is 2.34. The number of unbranched alkanes of at least 4 members (excludes halogenated alkanes) is 3. The van der Waals surface area contributed by atoms with Gasteiger partial charge in [0.05, 0.1) is 37.4 Å². The number of carbonyl (C=O) groups excluding carboxylic acids is 1. The molecule has 1 aromatic carbocycles. The third-order valence-corrected chi connectivity index (χ3v) is 3.56. The number of nitrogens with zero attached hydrogens (tertiary/aromatic N) is 4. The number of carbonyl (C=O) groups is 1. The summed E-state index contributed by atoms with van der Waals surface area (Å²) in [5, 5.41) is 14.6. The standard InChI is InChI=1S/C16H22N4O7/c1-24-14-9-12(13(20(22)23)10-15(14)25-2)11-27-16(21)26-8-6-4-3-5-7-18-19-17/h9-10H,3-8,11H2,1-2H3. The minimum Gasteiger partial charge on any atom is -0.493 e. The molecule has 0 bridgehead atoms. The number of azide groups is 1. The van der Waals surface area contributed by atoms with Crippen LogP contribution in [0.2, 0.25) is 0 Å². The van der Waals surface area contributed by atoms with E-state index in [1.165, 1.54) is 26.4 Å². The quantitative estimate of drug-likeness (QED) is 0.100. The van der Waals surface area contributed by atoms with Gasteiger partial charge < -0.3 is 18.9 Å². The van der Waals surface area contributed by atoms with Crippen molar-refractivity contribution in [3.05, 3.63) is 38.3 Å². The first-order chi connectivity index (χ1) is 13.0. The van der Waals surface area contributed by atoms with Crippen molar-refractivity contribution in [3.63, 3.8) is 0 Å². The van der Waals surface area contributed by atoms with Gasteiger partial charge in [-0.15, -0.1) is 0 Å². The number of ether oxygens (including phenoxy) is 4. The first-order valence-electron chi connectivity index (χ1n) is 8.23. The number of methoxy groups -OCH3 is 2. The van der Waals surface area contributed by atoms with Crippen LogP contribution in [0, 0.1) is 10.1 Å². The molecule has 0 aromatic heterocycles. The van der Waals surface area contributed by atoms with Gasteiger partial charge in [0.1, 0.15) is 6.61 Å². The van der Waals surface area contributed by atoms with Crippen molar-refractivity contribution in [2.45, 2.75) is 32.3 Å². The minimum absolute atomic E-state index is 0.160. The van der Waals surface area contributed by atoms with Crippen LogP contribution < -0.4 is 9.47 Å². The van der Waals surface area contributed by atoms with Gasteiger partial charge in [-0.2, -0.15) is 0 Å². The predicted octanol–water partition coefficient (Wildman–Crippen LogP) is 4.14. The second kappa shape index (κ2) is 12.2. The van der Waals surface area contributed by atoms with Gasteiger partial charge in [-0.05, 0) is 24.4 Å². The molecular formula is C16H22N4O7. The molecule has 1 aromatic rings. The fourth-order valence-electron chi connectivity index (χ4n) is 2.21. The maximum Gasteiger partial charge on any atom is 0.508 e. The summed E-state index contributed by atoms with van der Waals surface area (Å²) in [6.07, 6.45) is 2.18. The van der Waals surface area contributed by atoms with Gasteiger partial charge in [0.15, 0.2) is 11.5 Å². The molecule has 11 nitrogen and oxygen atoms in total. The smallest absolute Gasteiger partial charge is 0.493 e. The number of hydrogen-bond donors (Lipinski definition) is 0. The van der Waals surface area contributed by atoms with E-state index in [1.54, 1.807) is 0 Å². The molecule has 0 aliphatic carbocycles. The molecule has 0 spiro atoms. The van der Waals surface area contributed by atoms with Crippen LogP contribution in [-0.4, -0.2) is 38.4 Å². The lowest BCUT2D eigenvalue weighted by Gasteiger charge is -2.11. The normalized spacial score (nSPS) is 9.85. The zero-order valence-corrected chi connectivity index (χ0v) is 15.3. The Balaban J connectivity index is 2.46. The predicted molar refractivity (Wildman–Crippen MR) is 94.8 cm³/mol. The number of hydrogen-bond acceptors (Lipinski definition) is 8. The molecule has 0 unspecified atom stereocenters. The number of benzene rings is 1. The fourth-order valence-corrected chi connectivity index (χ4v) is 2.21. The molecule has 1 rings (SSSR count). The summed E-state index contributed by atoms with van der Waals surface area (Å²) in [4.78, 5) is 24.9. The van der Waals surface area contributed by atoms with Crippen LogP contribution in [-0.2, 0) is 16.1 Å². The van der Waals surface area contributed by atoms with Crippen molar-refractivity contribution in [3.8, 4) is 11.5 Å². The Morgan fingerprint density at radius 2 is 1.81 bits per heavy atom. The van der Waals surface area contributed by atoms with E-state index >= 15 is 0 Å². The molecule has 0 amide bonds.